The first-order valence-corrected chi connectivity index (χ1v) is 13.8. The Morgan fingerprint density at radius 3 is 2.50 bits per heavy atom. The largest absolute Gasteiger partial charge is 0.462 e. The van der Waals surface area contributed by atoms with Gasteiger partial charge in [0.05, 0.1) is 21.8 Å². The number of nitrogens with one attached hydrogen (secondary N) is 1. The highest BCUT2D eigenvalue weighted by Crippen LogP contribution is 2.44. The second-order valence-corrected chi connectivity index (χ2v) is 11.4. The Hall–Kier alpha value is -2.96. The van der Waals surface area contributed by atoms with E-state index in [4.69, 9.17) is 22.1 Å². The SMILES string of the molecule is Cc1cc(N)nc(-c2c(Cl)cc3c(N4CC5CCC(C4)N5)nc(OC[C@@H]4CCCN4C)nc3c2F)c1C(F)(F)F. The standard InChI is InChI=1S/C27H30ClF4N7O/c1-13-8-19(33)35-24(21(13)27(30,31)32)20-18(28)9-17-23(22(20)29)36-26(40-12-16-4-3-7-38(16)2)37-25(17)39-10-14-5-6-15(11-39)34-14/h8-9,14-16,34H,3-7,10-12H2,1-2H3,(H2,33,35)/t14?,15?,16-/m0/s1. The minimum absolute atomic E-state index is 0.0337. The minimum atomic E-state index is -4.82. The summed E-state index contributed by atoms with van der Waals surface area (Å²) in [6, 6.07) is 3.17. The van der Waals surface area contributed by atoms with E-state index < -0.39 is 28.8 Å². The Bertz CT molecular complexity index is 1460. The number of likely N-dealkylation sites (N-methyl/N-ethyl adjacent to an activating group) is 1. The molecule has 1 aromatic carbocycles. The molecule has 0 spiro atoms. The summed E-state index contributed by atoms with van der Waals surface area (Å²) in [5, 5.41) is 3.61. The molecular weight excluding hydrogens is 550 g/mol. The fraction of sp³-hybridized carbons (Fsp3) is 0.519. The van der Waals surface area contributed by atoms with E-state index in [1.165, 1.54) is 13.0 Å². The average Bonchev–Trinajstić information content (AvgIpc) is 3.44. The van der Waals surface area contributed by atoms with Gasteiger partial charge in [-0.15, -0.1) is 0 Å². The van der Waals surface area contributed by atoms with E-state index in [1.807, 2.05) is 7.05 Å². The second-order valence-electron chi connectivity index (χ2n) is 11.0. The van der Waals surface area contributed by atoms with Gasteiger partial charge >= 0.3 is 12.2 Å². The number of hydrogen-bond donors (Lipinski definition) is 2. The molecule has 3 fully saturated rings. The predicted octanol–water partition coefficient (Wildman–Crippen LogP) is 4.81. The average molecular weight is 580 g/mol. The van der Waals surface area contributed by atoms with Crippen molar-refractivity contribution in [3.8, 4) is 17.3 Å². The lowest BCUT2D eigenvalue weighted by molar-refractivity contribution is -0.137. The van der Waals surface area contributed by atoms with Crippen LogP contribution in [0.4, 0.5) is 29.2 Å². The molecule has 214 valence electrons. The number of aryl methyl sites for hydroxylation is 1. The zero-order chi connectivity index (χ0) is 28.3. The number of pyridine rings is 1. The molecule has 40 heavy (non-hydrogen) atoms. The van der Waals surface area contributed by atoms with E-state index in [2.05, 4.69) is 30.1 Å². The number of nitrogen functional groups attached to an aromatic ring is 1. The Balaban J connectivity index is 1.52. The summed E-state index contributed by atoms with van der Waals surface area (Å²) in [4.78, 5) is 17.2. The lowest BCUT2D eigenvalue weighted by atomic mass is 9.99. The van der Waals surface area contributed by atoms with Crippen molar-refractivity contribution in [3.05, 3.63) is 34.1 Å². The highest BCUT2D eigenvalue weighted by atomic mass is 35.5. The molecule has 0 saturated carbocycles. The summed E-state index contributed by atoms with van der Waals surface area (Å²) in [6.07, 6.45) is -0.790. The van der Waals surface area contributed by atoms with E-state index in [9.17, 15) is 13.2 Å². The number of anilines is 2. The first-order valence-electron chi connectivity index (χ1n) is 13.4. The van der Waals surface area contributed by atoms with E-state index in [0.717, 1.165) is 38.3 Å². The van der Waals surface area contributed by atoms with Gasteiger partial charge in [0.15, 0.2) is 5.82 Å². The first-order chi connectivity index (χ1) is 19.0. The van der Waals surface area contributed by atoms with E-state index in [1.54, 1.807) is 0 Å². The number of nitrogens with two attached hydrogens (primary N) is 1. The first kappa shape index (κ1) is 27.2. The topological polar surface area (TPSA) is 92.4 Å². The molecule has 0 radical (unpaired) electrons. The van der Waals surface area contributed by atoms with Crippen LogP contribution >= 0.6 is 11.6 Å². The maximum Gasteiger partial charge on any atom is 0.418 e. The van der Waals surface area contributed by atoms with Crippen LogP contribution < -0.4 is 20.7 Å². The normalized spacial score (nSPS) is 23.4. The van der Waals surface area contributed by atoms with Gasteiger partial charge in [-0.3, -0.25) is 0 Å². The van der Waals surface area contributed by atoms with Gasteiger partial charge in [0.2, 0.25) is 0 Å². The third-order valence-electron chi connectivity index (χ3n) is 8.19. The van der Waals surface area contributed by atoms with Gasteiger partial charge < -0.3 is 25.6 Å². The molecule has 0 amide bonds. The van der Waals surface area contributed by atoms with E-state index in [-0.39, 0.29) is 46.1 Å². The van der Waals surface area contributed by atoms with Crippen LogP contribution in [-0.4, -0.2) is 71.3 Å². The van der Waals surface area contributed by atoms with E-state index in [0.29, 0.717) is 30.9 Å². The minimum Gasteiger partial charge on any atom is -0.462 e. The molecule has 8 nitrogen and oxygen atoms in total. The number of ether oxygens (including phenoxy) is 1. The number of halogens is 5. The number of fused-ring (bicyclic) bond motifs is 3. The summed E-state index contributed by atoms with van der Waals surface area (Å²) in [5.74, 6) is -0.770. The molecule has 2 aromatic heterocycles. The molecule has 3 aliphatic rings. The molecule has 3 aromatic rings. The Morgan fingerprint density at radius 1 is 1.12 bits per heavy atom. The smallest absolute Gasteiger partial charge is 0.418 e. The van der Waals surface area contributed by atoms with Gasteiger partial charge in [0, 0.05) is 36.6 Å². The molecule has 3 N–H and O–H groups in total. The summed E-state index contributed by atoms with van der Waals surface area (Å²) in [7, 11) is 2.01. The molecule has 5 heterocycles. The maximum absolute atomic E-state index is 16.4. The number of piperazine rings is 1. The number of hydrogen-bond acceptors (Lipinski definition) is 8. The van der Waals surface area contributed by atoms with Crippen molar-refractivity contribution < 1.29 is 22.3 Å². The van der Waals surface area contributed by atoms with Crippen LogP contribution in [0.2, 0.25) is 5.02 Å². The van der Waals surface area contributed by atoms with Crippen molar-refractivity contribution in [3.63, 3.8) is 0 Å². The van der Waals surface area contributed by atoms with Crippen LogP contribution in [0.15, 0.2) is 12.1 Å². The maximum atomic E-state index is 16.4. The number of benzene rings is 1. The van der Waals surface area contributed by atoms with Crippen molar-refractivity contribution in [1.82, 2.24) is 25.2 Å². The van der Waals surface area contributed by atoms with Crippen LogP contribution in [-0.2, 0) is 6.18 Å². The summed E-state index contributed by atoms with van der Waals surface area (Å²) in [6.45, 7) is 3.80. The van der Waals surface area contributed by atoms with Gasteiger partial charge in [0.25, 0.3) is 0 Å². The number of likely N-dealkylation sites (tertiary alicyclic amines) is 1. The molecule has 3 aliphatic heterocycles. The molecule has 2 bridgehead atoms. The summed E-state index contributed by atoms with van der Waals surface area (Å²) >= 11 is 6.54. The van der Waals surface area contributed by atoms with Crippen molar-refractivity contribution in [2.24, 2.45) is 0 Å². The fourth-order valence-corrected chi connectivity index (χ4v) is 6.53. The molecule has 3 saturated heterocycles. The lowest BCUT2D eigenvalue weighted by Gasteiger charge is -2.34. The van der Waals surface area contributed by atoms with E-state index >= 15 is 4.39 Å². The Labute approximate surface area is 233 Å². The second kappa shape index (κ2) is 10.1. The molecule has 3 atom stereocenters. The number of nitrogens with zero attached hydrogens (tertiary/aromatic N) is 5. The van der Waals surface area contributed by atoms with Gasteiger partial charge in [0.1, 0.15) is 23.8 Å². The van der Waals surface area contributed by atoms with Gasteiger partial charge in [-0.2, -0.15) is 23.1 Å². The molecule has 0 aliphatic carbocycles. The monoisotopic (exact) mass is 579 g/mol. The van der Waals surface area contributed by atoms with Crippen molar-refractivity contribution in [2.75, 3.05) is 43.9 Å². The van der Waals surface area contributed by atoms with Crippen molar-refractivity contribution in [2.45, 2.75) is 56.9 Å². The van der Waals surface area contributed by atoms with Gasteiger partial charge in [-0.1, -0.05) is 11.6 Å². The van der Waals surface area contributed by atoms with Crippen LogP contribution in [0.3, 0.4) is 0 Å². The van der Waals surface area contributed by atoms with Crippen molar-refractivity contribution in [1.29, 1.82) is 0 Å². The summed E-state index contributed by atoms with van der Waals surface area (Å²) in [5.41, 5.74) is 3.15. The predicted molar refractivity (Wildman–Crippen MR) is 145 cm³/mol. The molecular formula is C27H30ClF4N7O. The highest BCUT2D eigenvalue weighted by molar-refractivity contribution is 6.34. The summed E-state index contributed by atoms with van der Waals surface area (Å²) < 4.78 is 64.8. The third-order valence-corrected chi connectivity index (χ3v) is 8.49. The fourth-order valence-electron chi connectivity index (χ4n) is 6.25. The van der Waals surface area contributed by atoms with Gasteiger partial charge in [-0.05, 0) is 63.9 Å². The number of aromatic nitrogens is 3. The van der Waals surface area contributed by atoms with Crippen molar-refractivity contribution >= 4 is 34.1 Å². The quantitative estimate of drug-likeness (QED) is 0.416. The van der Waals surface area contributed by atoms with Gasteiger partial charge in [-0.25, -0.2) is 9.37 Å². The Kier molecular flexibility index (Phi) is 6.90. The Morgan fingerprint density at radius 2 is 1.85 bits per heavy atom. The number of alkyl halides is 3. The zero-order valence-corrected chi connectivity index (χ0v) is 22.9. The van der Waals surface area contributed by atoms with Crippen LogP contribution in [0.5, 0.6) is 6.01 Å². The van der Waals surface area contributed by atoms with Crippen LogP contribution in [0.1, 0.15) is 36.8 Å². The molecule has 13 heteroatoms. The number of rotatable bonds is 5. The highest BCUT2D eigenvalue weighted by Gasteiger charge is 2.39. The molecule has 6 rings (SSSR count). The molecule has 2 unspecified atom stereocenters. The zero-order valence-electron chi connectivity index (χ0n) is 22.2. The lowest BCUT2D eigenvalue weighted by Crippen LogP contribution is -2.51. The van der Waals surface area contributed by atoms with Crippen LogP contribution in [0.25, 0.3) is 22.2 Å². The third kappa shape index (κ3) is 4.90. The van der Waals surface area contributed by atoms with Crippen LogP contribution in [0, 0.1) is 12.7 Å².